The summed E-state index contributed by atoms with van der Waals surface area (Å²) in [7, 11) is 1.13. The van der Waals surface area contributed by atoms with E-state index in [1.165, 1.54) is 0 Å². The third-order valence-corrected chi connectivity index (χ3v) is 2.63. The lowest BCUT2D eigenvalue weighted by Gasteiger charge is -2.13. The number of halogens is 4. The molecule has 0 aliphatic heterocycles. The fourth-order valence-corrected chi connectivity index (χ4v) is 1.72. The van der Waals surface area contributed by atoms with E-state index in [1.807, 2.05) is 0 Å². The Bertz CT molecular complexity index is 696. The van der Waals surface area contributed by atoms with Crippen molar-refractivity contribution in [1.82, 2.24) is 15.4 Å². The molecule has 0 saturated carbocycles. The molecule has 1 aromatic carbocycles. The van der Waals surface area contributed by atoms with Gasteiger partial charge >= 0.3 is 6.18 Å². The van der Waals surface area contributed by atoms with Crippen molar-refractivity contribution in [2.45, 2.75) is 6.18 Å². The van der Waals surface area contributed by atoms with Gasteiger partial charge < -0.3 is 10.5 Å². The van der Waals surface area contributed by atoms with Crippen LogP contribution in [0.15, 0.2) is 12.1 Å². The lowest BCUT2D eigenvalue weighted by atomic mass is 10.0. The number of methoxy groups -OCH3 is 1. The molecule has 0 aliphatic rings. The maximum absolute atomic E-state index is 13.5. The number of nitrogens with one attached hydrogen (secondary N) is 1. The van der Waals surface area contributed by atoms with Crippen LogP contribution in [0.4, 0.5) is 17.6 Å². The highest BCUT2D eigenvalue weighted by Gasteiger charge is 2.36. The van der Waals surface area contributed by atoms with Gasteiger partial charge in [0.05, 0.1) is 12.7 Å². The van der Waals surface area contributed by atoms with E-state index in [0.29, 0.717) is 12.1 Å². The van der Waals surface area contributed by atoms with Crippen molar-refractivity contribution < 1.29 is 27.1 Å². The Hall–Kier alpha value is -2.65. The quantitative estimate of drug-likeness (QED) is 0.844. The molecular weight excluding hydrogens is 296 g/mol. The topological polar surface area (TPSA) is 93.9 Å². The number of alkyl halides is 3. The molecule has 1 aromatic heterocycles. The Labute approximate surface area is 114 Å². The van der Waals surface area contributed by atoms with Crippen molar-refractivity contribution in [3.8, 4) is 17.0 Å². The summed E-state index contributed by atoms with van der Waals surface area (Å²) in [4.78, 5) is 11.2. The van der Waals surface area contributed by atoms with Crippen molar-refractivity contribution in [3.63, 3.8) is 0 Å². The third kappa shape index (κ3) is 2.64. The van der Waals surface area contributed by atoms with Gasteiger partial charge in [-0.2, -0.15) is 28.6 Å². The van der Waals surface area contributed by atoms with Crippen molar-refractivity contribution in [1.29, 1.82) is 0 Å². The minimum absolute atomic E-state index is 0.239. The highest BCUT2D eigenvalue weighted by Crippen LogP contribution is 2.39. The van der Waals surface area contributed by atoms with Crippen LogP contribution in [0.3, 0.4) is 0 Å². The zero-order chi connectivity index (χ0) is 15.8. The zero-order valence-electron chi connectivity index (χ0n) is 10.5. The van der Waals surface area contributed by atoms with Gasteiger partial charge in [0.15, 0.2) is 5.69 Å². The number of amides is 1. The van der Waals surface area contributed by atoms with Crippen LogP contribution >= 0.6 is 0 Å². The van der Waals surface area contributed by atoms with Crippen LogP contribution < -0.4 is 10.5 Å². The number of aromatic amines is 1. The van der Waals surface area contributed by atoms with E-state index in [9.17, 15) is 22.4 Å². The third-order valence-electron chi connectivity index (χ3n) is 2.63. The molecule has 1 amide bonds. The molecular formula is C11H8F4N4O2. The normalized spacial score (nSPS) is 11.5. The second-order valence-corrected chi connectivity index (χ2v) is 3.92. The average molecular weight is 304 g/mol. The van der Waals surface area contributed by atoms with Gasteiger partial charge in [-0.15, -0.1) is 0 Å². The van der Waals surface area contributed by atoms with E-state index in [1.54, 1.807) is 0 Å². The molecule has 0 fully saturated rings. The number of nitrogens with two attached hydrogens (primary N) is 1. The summed E-state index contributed by atoms with van der Waals surface area (Å²) < 4.78 is 56.5. The Morgan fingerprint density at radius 3 is 2.52 bits per heavy atom. The number of carbonyl (C=O) groups is 1. The zero-order valence-corrected chi connectivity index (χ0v) is 10.5. The molecule has 0 radical (unpaired) electrons. The lowest BCUT2D eigenvalue weighted by Crippen LogP contribution is -2.13. The molecule has 6 nitrogen and oxygen atoms in total. The van der Waals surface area contributed by atoms with Gasteiger partial charge in [0.1, 0.15) is 17.3 Å². The number of carbonyl (C=O) groups excluding carboxylic acids is 1. The predicted molar refractivity (Wildman–Crippen MR) is 61.8 cm³/mol. The molecule has 112 valence electrons. The first-order valence-corrected chi connectivity index (χ1v) is 5.41. The van der Waals surface area contributed by atoms with Crippen molar-refractivity contribution in [3.05, 3.63) is 29.2 Å². The SMILES string of the molecule is COc1cc(F)c(C(F)(F)F)cc1-c1n[nH]nc1C(N)=O. The number of rotatable bonds is 3. The Balaban J connectivity index is 2.72. The number of hydrogen-bond acceptors (Lipinski definition) is 4. The van der Waals surface area contributed by atoms with Crippen LogP contribution in [0.2, 0.25) is 0 Å². The Kier molecular flexibility index (Phi) is 3.54. The fraction of sp³-hybridized carbons (Fsp3) is 0.182. The van der Waals surface area contributed by atoms with E-state index >= 15 is 0 Å². The number of nitrogens with zero attached hydrogens (tertiary/aromatic N) is 2. The number of hydrogen-bond donors (Lipinski definition) is 2. The highest BCUT2D eigenvalue weighted by molar-refractivity contribution is 5.97. The maximum Gasteiger partial charge on any atom is 0.419 e. The minimum Gasteiger partial charge on any atom is -0.496 e. The maximum atomic E-state index is 13.5. The smallest absolute Gasteiger partial charge is 0.419 e. The molecule has 3 N–H and O–H groups in total. The molecule has 2 aromatic rings. The highest BCUT2D eigenvalue weighted by atomic mass is 19.4. The summed E-state index contributed by atoms with van der Waals surface area (Å²) in [6.45, 7) is 0. The first kappa shape index (κ1) is 14.8. The van der Waals surface area contributed by atoms with E-state index in [4.69, 9.17) is 10.5 Å². The van der Waals surface area contributed by atoms with Crippen LogP contribution in [0, 0.1) is 5.82 Å². The molecule has 0 unspecified atom stereocenters. The van der Waals surface area contributed by atoms with Crippen LogP contribution in [0.25, 0.3) is 11.3 Å². The average Bonchev–Trinajstić information content (AvgIpc) is 2.85. The number of benzene rings is 1. The number of ether oxygens (including phenoxy) is 1. The molecule has 0 bridgehead atoms. The molecule has 0 aliphatic carbocycles. The molecule has 0 spiro atoms. The Morgan fingerprint density at radius 1 is 1.33 bits per heavy atom. The fourth-order valence-electron chi connectivity index (χ4n) is 1.72. The van der Waals surface area contributed by atoms with Crippen molar-refractivity contribution in [2.24, 2.45) is 5.73 Å². The molecule has 21 heavy (non-hydrogen) atoms. The van der Waals surface area contributed by atoms with Crippen molar-refractivity contribution >= 4 is 5.91 Å². The second-order valence-electron chi connectivity index (χ2n) is 3.92. The van der Waals surface area contributed by atoms with Crippen molar-refractivity contribution in [2.75, 3.05) is 7.11 Å². The molecule has 1 heterocycles. The van der Waals surface area contributed by atoms with Gasteiger partial charge in [0, 0.05) is 11.6 Å². The van der Waals surface area contributed by atoms with Gasteiger partial charge in [-0.05, 0) is 6.07 Å². The standard InChI is InChI=1S/C11H8F4N4O2/c1-21-7-3-6(12)5(11(13,14)15)2-4(7)8-9(10(16)20)18-19-17-8/h2-3H,1H3,(H2,16,20)(H,17,18,19). The molecule has 2 rings (SSSR count). The summed E-state index contributed by atoms with van der Waals surface area (Å²) in [6, 6.07) is 1.04. The monoisotopic (exact) mass is 304 g/mol. The van der Waals surface area contributed by atoms with E-state index in [2.05, 4.69) is 15.4 Å². The Morgan fingerprint density at radius 2 is 2.00 bits per heavy atom. The minimum atomic E-state index is -4.91. The summed E-state index contributed by atoms with van der Waals surface area (Å²) in [5.74, 6) is -2.75. The molecule has 0 atom stereocenters. The van der Waals surface area contributed by atoms with Gasteiger partial charge in [-0.25, -0.2) is 4.39 Å². The molecule has 0 saturated heterocycles. The predicted octanol–water partition coefficient (Wildman–Crippen LogP) is 1.74. The molecule has 10 heteroatoms. The lowest BCUT2D eigenvalue weighted by molar-refractivity contribution is -0.139. The summed E-state index contributed by atoms with van der Waals surface area (Å²) in [5, 5.41) is 9.07. The number of H-pyrrole nitrogens is 1. The van der Waals surface area contributed by atoms with Crippen LogP contribution in [-0.4, -0.2) is 28.4 Å². The van der Waals surface area contributed by atoms with Gasteiger partial charge in [0.2, 0.25) is 0 Å². The van der Waals surface area contributed by atoms with Crippen LogP contribution in [-0.2, 0) is 6.18 Å². The van der Waals surface area contributed by atoms with Crippen LogP contribution in [0.5, 0.6) is 5.75 Å². The summed E-state index contributed by atoms with van der Waals surface area (Å²) in [6.07, 6.45) is -4.91. The first-order valence-electron chi connectivity index (χ1n) is 5.41. The number of primary amides is 1. The van der Waals surface area contributed by atoms with E-state index in [-0.39, 0.29) is 22.7 Å². The summed E-state index contributed by atoms with van der Waals surface area (Å²) >= 11 is 0. The van der Waals surface area contributed by atoms with Gasteiger partial charge in [-0.3, -0.25) is 4.79 Å². The number of aromatic nitrogens is 3. The second kappa shape index (κ2) is 5.04. The van der Waals surface area contributed by atoms with Gasteiger partial charge in [0.25, 0.3) is 5.91 Å². The van der Waals surface area contributed by atoms with E-state index < -0.39 is 23.5 Å². The largest absolute Gasteiger partial charge is 0.496 e. The van der Waals surface area contributed by atoms with E-state index in [0.717, 1.165) is 7.11 Å². The van der Waals surface area contributed by atoms with Gasteiger partial charge in [-0.1, -0.05) is 0 Å². The first-order chi connectivity index (χ1) is 9.75. The van der Waals surface area contributed by atoms with Crippen LogP contribution in [0.1, 0.15) is 16.1 Å². The summed E-state index contributed by atoms with van der Waals surface area (Å²) in [5.41, 5.74) is 2.63.